The molecule has 1 rings (SSSR count). The Morgan fingerprint density at radius 2 is 1.75 bits per heavy atom. The predicted molar refractivity (Wildman–Crippen MR) is 72.7 cm³/mol. The van der Waals surface area contributed by atoms with Gasteiger partial charge < -0.3 is 4.90 Å². The van der Waals surface area contributed by atoms with Gasteiger partial charge in [-0.1, -0.05) is 38.8 Å². The van der Waals surface area contributed by atoms with Gasteiger partial charge in [0.05, 0.1) is 0 Å². The van der Waals surface area contributed by atoms with Crippen LogP contribution in [0.25, 0.3) is 0 Å². The van der Waals surface area contributed by atoms with Gasteiger partial charge in [-0.05, 0) is 44.6 Å². The zero-order valence-corrected chi connectivity index (χ0v) is 11.5. The average Bonchev–Trinajstić information content (AvgIpc) is 2.22. The summed E-state index contributed by atoms with van der Waals surface area (Å²) in [5, 5.41) is 0. The molecule has 0 aliphatic carbocycles. The molecule has 94 valence electrons. The van der Waals surface area contributed by atoms with E-state index in [1.807, 2.05) is 0 Å². The van der Waals surface area contributed by atoms with Gasteiger partial charge in [-0.3, -0.25) is 0 Å². The van der Waals surface area contributed by atoms with Crippen LogP contribution in [-0.4, -0.2) is 25.0 Å². The number of rotatable bonds is 0. The Labute approximate surface area is 102 Å². The summed E-state index contributed by atoms with van der Waals surface area (Å²) in [6.45, 7) is 11.4. The Kier molecular flexibility index (Phi) is 6.12. The number of hydrogen-bond acceptors (Lipinski definition) is 1. The van der Waals surface area contributed by atoms with Crippen molar-refractivity contribution >= 4 is 0 Å². The predicted octanol–water partition coefficient (Wildman–Crippen LogP) is 4.10. The Hall–Kier alpha value is -0.300. The van der Waals surface area contributed by atoms with Crippen LogP contribution in [0.1, 0.15) is 52.4 Å². The molecule has 1 fully saturated rings. The van der Waals surface area contributed by atoms with Crippen molar-refractivity contribution in [2.45, 2.75) is 52.4 Å². The molecule has 0 amide bonds. The molecule has 1 aliphatic heterocycles. The molecule has 2 unspecified atom stereocenters. The second-order valence-electron chi connectivity index (χ2n) is 5.94. The summed E-state index contributed by atoms with van der Waals surface area (Å²) in [5.74, 6) is 1.74. The third-order valence-electron chi connectivity index (χ3n) is 3.85. The van der Waals surface area contributed by atoms with Crippen molar-refractivity contribution in [3.63, 3.8) is 0 Å². The SMILES string of the molecule is C=C1CCC(C)CCCC(C)CN(C)CC1. The van der Waals surface area contributed by atoms with Gasteiger partial charge in [0.25, 0.3) is 0 Å². The van der Waals surface area contributed by atoms with Crippen molar-refractivity contribution in [2.24, 2.45) is 11.8 Å². The molecule has 1 heteroatoms. The van der Waals surface area contributed by atoms with Crippen LogP contribution >= 0.6 is 0 Å². The third-order valence-corrected chi connectivity index (χ3v) is 3.85. The van der Waals surface area contributed by atoms with E-state index in [4.69, 9.17) is 0 Å². The van der Waals surface area contributed by atoms with Gasteiger partial charge in [0.2, 0.25) is 0 Å². The lowest BCUT2D eigenvalue weighted by atomic mass is 9.92. The van der Waals surface area contributed by atoms with Crippen molar-refractivity contribution in [3.05, 3.63) is 12.2 Å². The molecule has 1 heterocycles. The van der Waals surface area contributed by atoms with E-state index in [2.05, 4.69) is 32.4 Å². The second-order valence-corrected chi connectivity index (χ2v) is 5.94. The van der Waals surface area contributed by atoms with E-state index in [0.717, 1.165) is 11.8 Å². The molecule has 1 nitrogen and oxygen atoms in total. The summed E-state index contributed by atoms with van der Waals surface area (Å²) in [6, 6.07) is 0. The Balaban J connectivity index is 2.43. The number of hydrogen-bond donors (Lipinski definition) is 0. The van der Waals surface area contributed by atoms with Crippen molar-refractivity contribution in [1.29, 1.82) is 0 Å². The third kappa shape index (κ3) is 5.69. The van der Waals surface area contributed by atoms with Crippen molar-refractivity contribution in [2.75, 3.05) is 20.1 Å². The molecular formula is C15H29N. The fourth-order valence-corrected chi connectivity index (χ4v) is 2.60. The van der Waals surface area contributed by atoms with Crippen LogP contribution in [0.5, 0.6) is 0 Å². The zero-order chi connectivity index (χ0) is 12.0. The molecule has 2 atom stereocenters. The molecule has 0 radical (unpaired) electrons. The summed E-state index contributed by atoms with van der Waals surface area (Å²) in [5.41, 5.74) is 1.45. The maximum atomic E-state index is 4.20. The lowest BCUT2D eigenvalue weighted by Gasteiger charge is -2.23. The minimum atomic E-state index is 0.852. The molecule has 16 heavy (non-hydrogen) atoms. The van der Waals surface area contributed by atoms with Gasteiger partial charge in [-0.2, -0.15) is 0 Å². The highest BCUT2D eigenvalue weighted by atomic mass is 15.1. The molecule has 0 aromatic rings. The molecule has 1 saturated heterocycles. The highest BCUT2D eigenvalue weighted by Crippen LogP contribution is 2.21. The standard InChI is InChI=1S/C15H29N/c1-13-6-5-7-15(3)12-16(4)11-10-14(2)9-8-13/h13,15H,2,5-12H2,1,3-4H3. The van der Waals surface area contributed by atoms with Crippen molar-refractivity contribution in [3.8, 4) is 0 Å². The van der Waals surface area contributed by atoms with Crippen molar-refractivity contribution < 1.29 is 0 Å². The number of nitrogens with zero attached hydrogens (tertiary/aromatic N) is 1. The molecular weight excluding hydrogens is 194 g/mol. The minimum absolute atomic E-state index is 0.852. The topological polar surface area (TPSA) is 3.24 Å². The lowest BCUT2D eigenvalue weighted by Crippen LogP contribution is -2.26. The molecule has 0 spiro atoms. The van der Waals surface area contributed by atoms with Gasteiger partial charge in [0, 0.05) is 13.1 Å². The molecule has 0 N–H and O–H groups in total. The molecule has 0 aromatic heterocycles. The Morgan fingerprint density at radius 1 is 1.06 bits per heavy atom. The summed E-state index contributed by atoms with van der Waals surface area (Å²) >= 11 is 0. The molecule has 0 saturated carbocycles. The van der Waals surface area contributed by atoms with Gasteiger partial charge >= 0.3 is 0 Å². The fraction of sp³-hybridized carbons (Fsp3) is 0.867. The molecule has 0 bridgehead atoms. The molecule has 0 aromatic carbocycles. The maximum Gasteiger partial charge on any atom is 0.00155 e. The molecule has 1 aliphatic rings. The monoisotopic (exact) mass is 223 g/mol. The smallest absolute Gasteiger partial charge is 0.00155 e. The van der Waals surface area contributed by atoms with E-state index in [-0.39, 0.29) is 0 Å². The van der Waals surface area contributed by atoms with E-state index in [0.29, 0.717) is 0 Å². The van der Waals surface area contributed by atoms with Crippen LogP contribution in [0.2, 0.25) is 0 Å². The van der Waals surface area contributed by atoms with Crippen LogP contribution in [-0.2, 0) is 0 Å². The first kappa shape index (κ1) is 13.8. The van der Waals surface area contributed by atoms with Gasteiger partial charge in [0.1, 0.15) is 0 Å². The van der Waals surface area contributed by atoms with Crippen LogP contribution in [0, 0.1) is 11.8 Å². The summed E-state index contributed by atoms with van der Waals surface area (Å²) < 4.78 is 0. The van der Waals surface area contributed by atoms with Gasteiger partial charge in [0.15, 0.2) is 0 Å². The minimum Gasteiger partial charge on any atom is -0.306 e. The van der Waals surface area contributed by atoms with E-state index in [9.17, 15) is 0 Å². The highest BCUT2D eigenvalue weighted by molar-refractivity contribution is 4.95. The van der Waals surface area contributed by atoms with Crippen LogP contribution in [0.15, 0.2) is 12.2 Å². The van der Waals surface area contributed by atoms with E-state index in [1.165, 1.54) is 57.2 Å². The first-order valence-electron chi connectivity index (χ1n) is 6.93. The first-order valence-corrected chi connectivity index (χ1v) is 6.93. The summed E-state index contributed by atoms with van der Waals surface area (Å²) in [4.78, 5) is 2.47. The average molecular weight is 223 g/mol. The van der Waals surface area contributed by atoms with E-state index >= 15 is 0 Å². The fourth-order valence-electron chi connectivity index (χ4n) is 2.60. The van der Waals surface area contributed by atoms with E-state index < -0.39 is 0 Å². The quantitative estimate of drug-likeness (QED) is 0.559. The Bertz CT molecular complexity index is 209. The van der Waals surface area contributed by atoms with Crippen LogP contribution in [0.4, 0.5) is 0 Å². The summed E-state index contributed by atoms with van der Waals surface area (Å²) in [7, 11) is 2.25. The summed E-state index contributed by atoms with van der Waals surface area (Å²) in [6.07, 6.45) is 7.98. The normalized spacial score (nSPS) is 31.8. The van der Waals surface area contributed by atoms with E-state index in [1.54, 1.807) is 0 Å². The van der Waals surface area contributed by atoms with Crippen LogP contribution < -0.4 is 0 Å². The highest BCUT2D eigenvalue weighted by Gasteiger charge is 2.10. The largest absolute Gasteiger partial charge is 0.306 e. The van der Waals surface area contributed by atoms with Gasteiger partial charge in [-0.15, -0.1) is 0 Å². The van der Waals surface area contributed by atoms with Crippen LogP contribution in [0.3, 0.4) is 0 Å². The lowest BCUT2D eigenvalue weighted by molar-refractivity contribution is 0.269. The maximum absolute atomic E-state index is 4.20. The second kappa shape index (κ2) is 7.11. The van der Waals surface area contributed by atoms with Crippen molar-refractivity contribution in [1.82, 2.24) is 4.90 Å². The van der Waals surface area contributed by atoms with Gasteiger partial charge in [-0.25, -0.2) is 0 Å². The first-order chi connectivity index (χ1) is 7.58. The zero-order valence-electron chi connectivity index (χ0n) is 11.5. The Morgan fingerprint density at radius 3 is 2.50 bits per heavy atom.